The predicted molar refractivity (Wildman–Crippen MR) is 213 cm³/mol. The summed E-state index contributed by atoms with van der Waals surface area (Å²) in [5.41, 5.74) is 7.04. The summed E-state index contributed by atoms with van der Waals surface area (Å²) in [6.45, 7) is 2.92. The van der Waals surface area contributed by atoms with Crippen molar-refractivity contribution in [3.63, 3.8) is 0 Å². The van der Waals surface area contributed by atoms with Crippen LogP contribution >= 0.6 is 10.6 Å². The standard InChI is InChI=1S/C43H44N4O7S/c48-34-15-13-32(14-16-34)47(31-10-2-1-3-11-31)43(50)37-23-39(45-17-7-6-12-38(37)45)35-24-40-41(54-28-53-40)25-36(35)42(49)46-26-30-9-5-4-8-29(30)22-33(46)27-44-18-20-55(51,52)21-19-44/h1-5,8-11,13-16,23-25,33,48,51-52H,6-7,12,17-22,26-28H2/t33-/m0/s1. The van der Waals surface area contributed by atoms with Gasteiger partial charge in [-0.05, 0) is 91.4 Å². The maximum absolute atomic E-state index is 15.2. The Morgan fingerprint density at radius 1 is 0.782 bits per heavy atom. The molecule has 12 heteroatoms. The quantitative estimate of drug-likeness (QED) is 0.155. The molecular formula is C43H44N4O7S. The van der Waals surface area contributed by atoms with E-state index in [1.54, 1.807) is 35.2 Å². The van der Waals surface area contributed by atoms with Gasteiger partial charge in [0.05, 0.1) is 22.6 Å². The Balaban J connectivity index is 1.13. The van der Waals surface area contributed by atoms with Crippen LogP contribution < -0.4 is 14.4 Å². The average Bonchev–Trinajstić information content (AvgIpc) is 3.83. The molecule has 11 nitrogen and oxygen atoms in total. The van der Waals surface area contributed by atoms with Crippen LogP contribution in [0.25, 0.3) is 11.3 Å². The van der Waals surface area contributed by atoms with Gasteiger partial charge in [0.15, 0.2) is 11.5 Å². The first-order chi connectivity index (χ1) is 26.7. The highest BCUT2D eigenvalue weighted by atomic mass is 32.3. The number of rotatable bonds is 7. The molecule has 284 valence electrons. The number of hydrogen-bond donors (Lipinski definition) is 3. The number of ether oxygens (including phenoxy) is 2. The van der Waals surface area contributed by atoms with E-state index in [0.29, 0.717) is 96.6 Å². The smallest absolute Gasteiger partial charge is 0.264 e. The number of nitrogens with zero attached hydrogens (tertiary/aromatic N) is 4. The molecule has 4 aliphatic rings. The van der Waals surface area contributed by atoms with E-state index < -0.39 is 10.6 Å². The maximum Gasteiger partial charge on any atom is 0.264 e. The minimum atomic E-state index is -2.56. The van der Waals surface area contributed by atoms with Crippen LogP contribution in [0.1, 0.15) is 50.4 Å². The molecule has 55 heavy (non-hydrogen) atoms. The largest absolute Gasteiger partial charge is 0.508 e. The maximum atomic E-state index is 15.2. The summed E-state index contributed by atoms with van der Waals surface area (Å²) in [5, 5.41) is 10.1. The van der Waals surface area contributed by atoms with Crippen LogP contribution in [-0.4, -0.2) is 84.4 Å². The highest BCUT2D eigenvalue weighted by Crippen LogP contribution is 2.44. The number of fused-ring (bicyclic) bond motifs is 3. The minimum absolute atomic E-state index is 0.0505. The highest BCUT2D eigenvalue weighted by Gasteiger charge is 2.37. The van der Waals surface area contributed by atoms with E-state index in [-0.39, 0.29) is 30.4 Å². The fourth-order valence-corrected chi connectivity index (χ4v) is 9.79. The van der Waals surface area contributed by atoms with Gasteiger partial charge in [0.1, 0.15) is 5.75 Å². The lowest BCUT2D eigenvalue weighted by Gasteiger charge is -2.44. The van der Waals surface area contributed by atoms with Gasteiger partial charge in [-0.1, -0.05) is 42.5 Å². The molecule has 4 aliphatic heterocycles. The minimum Gasteiger partial charge on any atom is -0.508 e. The van der Waals surface area contributed by atoms with Crippen molar-refractivity contribution >= 4 is 33.8 Å². The number of phenolic OH excluding ortho intramolecular Hbond substituents is 1. The Morgan fingerprint density at radius 2 is 1.47 bits per heavy atom. The van der Waals surface area contributed by atoms with Gasteiger partial charge in [-0.15, -0.1) is 0 Å². The number of benzene rings is 4. The van der Waals surface area contributed by atoms with Crippen molar-refractivity contribution in [2.75, 3.05) is 42.8 Å². The van der Waals surface area contributed by atoms with Crippen LogP contribution in [0.15, 0.2) is 97.1 Å². The third kappa shape index (κ3) is 6.84. The van der Waals surface area contributed by atoms with Gasteiger partial charge in [0.25, 0.3) is 11.8 Å². The molecular weight excluding hydrogens is 717 g/mol. The summed E-state index contributed by atoms with van der Waals surface area (Å²) in [6.07, 6.45) is 3.25. The fraction of sp³-hybridized carbons (Fsp3) is 0.302. The van der Waals surface area contributed by atoms with Crippen LogP contribution in [-0.2, 0) is 25.9 Å². The van der Waals surface area contributed by atoms with Crippen LogP contribution in [0.5, 0.6) is 17.2 Å². The Morgan fingerprint density at radius 3 is 2.24 bits per heavy atom. The Labute approximate surface area is 321 Å². The number of anilines is 2. The first-order valence-corrected chi connectivity index (χ1v) is 20.8. The lowest BCUT2D eigenvalue weighted by Crippen LogP contribution is -2.52. The van der Waals surface area contributed by atoms with E-state index in [0.717, 1.165) is 29.8 Å². The first-order valence-electron chi connectivity index (χ1n) is 18.9. The summed E-state index contributed by atoms with van der Waals surface area (Å²) in [6, 6.07) is 29.8. The molecule has 5 heterocycles. The van der Waals surface area contributed by atoms with Crippen molar-refractivity contribution < 1.29 is 33.3 Å². The van der Waals surface area contributed by atoms with E-state index in [9.17, 15) is 19.0 Å². The molecule has 5 aromatic rings. The van der Waals surface area contributed by atoms with Crippen molar-refractivity contribution in [2.45, 2.75) is 44.8 Å². The van der Waals surface area contributed by atoms with E-state index >= 15 is 4.79 Å². The van der Waals surface area contributed by atoms with Crippen LogP contribution in [0.4, 0.5) is 11.4 Å². The molecule has 3 N–H and O–H groups in total. The Hall–Kier alpha value is -5.27. The van der Waals surface area contributed by atoms with E-state index in [2.05, 4.69) is 21.6 Å². The van der Waals surface area contributed by atoms with Gasteiger partial charge in [-0.3, -0.25) is 28.5 Å². The summed E-state index contributed by atoms with van der Waals surface area (Å²) in [7, 11) is -2.56. The number of carbonyl (C=O) groups excluding carboxylic acids is 2. The van der Waals surface area contributed by atoms with Crippen molar-refractivity contribution in [3.05, 3.63) is 125 Å². The summed E-state index contributed by atoms with van der Waals surface area (Å²) in [5.74, 6) is 1.51. The summed E-state index contributed by atoms with van der Waals surface area (Å²) in [4.78, 5) is 36.0. The zero-order chi connectivity index (χ0) is 37.7. The molecule has 0 aliphatic carbocycles. The number of hydrogen-bond acceptors (Lipinski definition) is 8. The summed E-state index contributed by atoms with van der Waals surface area (Å²) >= 11 is 0. The highest BCUT2D eigenvalue weighted by molar-refractivity contribution is 8.24. The number of aromatic nitrogens is 1. The lowest BCUT2D eigenvalue weighted by atomic mass is 9.92. The molecule has 9 rings (SSSR count). The number of aromatic hydroxyl groups is 1. The fourth-order valence-electron chi connectivity index (χ4n) is 8.49. The second-order valence-electron chi connectivity index (χ2n) is 14.8. The van der Waals surface area contributed by atoms with Crippen molar-refractivity contribution in [3.8, 4) is 28.5 Å². The molecule has 0 saturated carbocycles. The van der Waals surface area contributed by atoms with Gasteiger partial charge >= 0.3 is 0 Å². The van der Waals surface area contributed by atoms with Gasteiger partial charge in [0, 0.05) is 67.1 Å². The molecule has 0 spiro atoms. The average molecular weight is 761 g/mol. The topological polar surface area (TPSA) is 128 Å². The van der Waals surface area contributed by atoms with Crippen molar-refractivity contribution in [1.29, 1.82) is 0 Å². The molecule has 2 amide bonds. The van der Waals surface area contributed by atoms with E-state index in [1.165, 1.54) is 5.56 Å². The monoisotopic (exact) mass is 760 g/mol. The molecule has 0 unspecified atom stereocenters. The second-order valence-corrected chi connectivity index (χ2v) is 17.2. The normalized spacial score (nSPS) is 19.3. The van der Waals surface area contributed by atoms with Gasteiger partial charge in [0.2, 0.25) is 6.79 Å². The number of para-hydroxylation sites is 1. The molecule has 4 aromatic carbocycles. The molecule has 1 atom stereocenters. The molecule has 1 fully saturated rings. The number of phenols is 1. The third-order valence-electron chi connectivity index (χ3n) is 11.4. The van der Waals surface area contributed by atoms with Crippen molar-refractivity contribution in [1.82, 2.24) is 14.4 Å². The SMILES string of the molecule is O=C(c1cc(-c2cc3c(cc2C(=O)N2Cc4ccccc4C[C@H]2CN2CCS(O)(O)CC2)OCO3)n2c1CCCC2)N(c1ccccc1)c1ccc(O)cc1. The lowest BCUT2D eigenvalue weighted by molar-refractivity contribution is 0.0584. The van der Waals surface area contributed by atoms with Gasteiger partial charge in [-0.25, -0.2) is 0 Å². The third-order valence-corrected chi connectivity index (χ3v) is 13.1. The van der Waals surface area contributed by atoms with Crippen LogP contribution in [0.3, 0.4) is 0 Å². The van der Waals surface area contributed by atoms with Crippen LogP contribution in [0.2, 0.25) is 0 Å². The second kappa shape index (κ2) is 14.4. The molecule has 0 radical (unpaired) electrons. The number of carbonyl (C=O) groups is 2. The first kappa shape index (κ1) is 35.4. The van der Waals surface area contributed by atoms with Gasteiger partial charge < -0.3 is 24.0 Å². The number of amides is 2. The zero-order valence-corrected chi connectivity index (χ0v) is 31.3. The van der Waals surface area contributed by atoms with Crippen LogP contribution in [0, 0.1) is 0 Å². The zero-order valence-electron chi connectivity index (χ0n) is 30.5. The summed E-state index contributed by atoms with van der Waals surface area (Å²) < 4.78 is 34.5. The van der Waals surface area contributed by atoms with E-state index in [1.807, 2.05) is 59.5 Å². The van der Waals surface area contributed by atoms with E-state index in [4.69, 9.17) is 9.47 Å². The van der Waals surface area contributed by atoms with Gasteiger partial charge in [-0.2, -0.15) is 10.6 Å². The molecule has 1 aromatic heterocycles. The Kier molecular flexibility index (Phi) is 9.29. The van der Waals surface area contributed by atoms with Crippen molar-refractivity contribution in [2.24, 2.45) is 0 Å². The predicted octanol–water partition coefficient (Wildman–Crippen LogP) is 7.54. The molecule has 0 bridgehead atoms. The Bertz CT molecular complexity index is 2250. The molecule has 1 saturated heterocycles.